The number of halogens is 4. The minimum atomic E-state index is -4.37. The summed E-state index contributed by atoms with van der Waals surface area (Å²) in [7, 11) is 0. The molecule has 2 nitrogen and oxygen atoms in total. The SMILES string of the molecule is CC(Oc1ccc(Cl)c(N)c1)c1cccc(C(F)(F)F)c1. The maximum atomic E-state index is 12.7. The molecule has 0 heterocycles. The molecule has 112 valence electrons. The van der Waals surface area contributed by atoms with Crippen LogP contribution in [0.4, 0.5) is 18.9 Å². The Morgan fingerprint density at radius 1 is 1.14 bits per heavy atom. The molecule has 1 atom stereocenters. The predicted octanol–water partition coefficient (Wildman–Crippen LogP) is 5.08. The number of rotatable bonds is 3. The molecular weight excluding hydrogens is 303 g/mol. The molecule has 0 radical (unpaired) electrons. The maximum absolute atomic E-state index is 12.7. The van der Waals surface area contributed by atoms with Gasteiger partial charge in [0.05, 0.1) is 16.3 Å². The van der Waals surface area contributed by atoms with Crippen LogP contribution in [-0.4, -0.2) is 0 Å². The first kappa shape index (κ1) is 15.5. The van der Waals surface area contributed by atoms with Gasteiger partial charge in [0, 0.05) is 6.07 Å². The Bertz CT molecular complexity index is 643. The first-order valence-corrected chi connectivity index (χ1v) is 6.54. The Balaban J connectivity index is 2.20. The van der Waals surface area contributed by atoms with Gasteiger partial charge in [-0.15, -0.1) is 0 Å². The highest BCUT2D eigenvalue weighted by Gasteiger charge is 2.30. The minimum Gasteiger partial charge on any atom is -0.486 e. The lowest BCUT2D eigenvalue weighted by Gasteiger charge is -2.17. The lowest BCUT2D eigenvalue weighted by Crippen LogP contribution is -2.08. The summed E-state index contributed by atoms with van der Waals surface area (Å²) in [5, 5.41) is 0.397. The highest BCUT2D eigenvalue weighted by Crippen LogP contribution is 2.32. The van der Waals surface area contributed by atoms with Crippen molar-refractivity contribution in [2.45, 2.75) is 19.2 Å². The number of hydrogen-bond donors (Lipinski definition) is 1. The predicted molar refractivity (Wildman–Crippen MR) is 76.4 cm³/mol. The van der Waals surface area contributed by atoms with Crippen LogP contribution in [0.1, 0.15) is 24.2 Å². The van der Waals surface area contributed by atoms with Crippen LogP contribution in [-0.2, 0) is 6.18 Å². The van der Waals surface area contributed by atoms with Gasteiger partial charge < -0.3 is 10.5 Å². The minimum absolute atomic E-state index is 0.352. The molecule has 0 aliphatic carbocycles. The Hall–Kier alpha value is -1.88. The van der Waals surface area contributed by atoms with E-state index in [1.54, 1.807) is 25.1 Å². The van der Waals surface area contributed by atoms with Crippen LogP contribution in [0.15, 0.2) is 42.5 Å². The molecule has 2 N–H and O–H groups in total. The van der Waals surface area contributed by atoms with E-state index in [9.17, 15) is 13.2 Å². The van der Waals surface area contributed by atoms with Gasteiger partial charge in [0.25, 0.3) is 0 Å². The molecule has 1 unspecified atom stereocenters. The van der Waals surface area contributed by atoms with E-state index in [0.717, 1.165) is 12.1 Å². The summed E-state index contributed by atoms with van der Waals surface area (Å²) in [5.41, 5.74) is 5.73. The average molecular weight is 316 g/mol. The number of hydrogen-bond acceptors (Lipinski definition) is 2. The van der Waals surface area contributed by atoms with Crippen molar-refractivity contribution in [3.8, 4) is 5.75 Å². The van der Waals surface area contributed by atoms with Crippen LogP contribution < -0.4 is 10.5 Å². The van der Waals surface area contributed by atoms with Gasteiger partial charge in [0.15, 0.2) is 0 Å². The second-order valence-corrected chi connectivity index (χ2v) is 4.97. The Labute approximate surface area is 125 Å². The molecule has 6 heteroatoms. The van der Waals surface area contributed by atoms with Gasteiger partial charge >= 0.3 is 6.18 Å². The van der Waals surface area contributed by atoms with Gasteiger partial charge in [-0.3, -0.25) is 0 Å². The summed E-state index contributed by atoms with van der Waals surface area (Å²) in [5.74, 6) is 0.446. The number of ether oxygens (including phenoxy) is 1. The Morgan fingerprint density at radius 3 is 2.48 bits per heavy atom. The van der Waals surface area contributed by atoms with Crippen LogP contribution in [0.25, 0.3) is 0 Å². The molecule has 0 saturated carbocycles. The molecule has 0 aliphatic heterocycles. The summed E-state index contributed by atoms with van der Waals surface area (Å²) < 4.78 is 43.6. The van der Waals surface area contributed by atoms with Crippen molar-refractivity contribution >= 4 is 17.3 Å². The third kappa shape index (κ3) is 3.82. The standard InChI is InChI=1S/C15H13ClF3NO/c1-9(21-12-5-6-13(16)14(20)8-12)10-3-2-4-11(7-10)15(17,18)19/h2-9H,20H2,1H3. The van der Waals surface area contributed by atoms with Crippen LogP contribution in [0, 0.1) is 0 Å². The Kier molecular flexibility index (Phi) is 4.32. The molecule has 0 amide bonds. The molecule has 0 aromatic heterocycles. The van der Waals surface area contributed by atoms with E-state index in [4.69, 9.17) is 22.1 Å². The van der Waals surface area contributed by atoms with Crippen LogP contribution in [0.3, 0.4) is 0 Å². The van der Waals surface area contributed by atoms with Gasteiger partial charge in [-0.25, -0.2) is 0 Å². The molecule has 2 aromatic rings. The third-order valence-corrected chi connectivity index (χ3v) is 3.31. The first-order valence-electron chi connectivity index (χ1n) is 6.16. The maximum Gasteiger partial charge on any atom is 0.416 e. The molecular formula is C15H13ClF3NO. The molecule has 0 bridgehead atoms. The highest BCUT2D eigenvalue weighted by atomic mass is 35.5. The summed E-state index contributed by atoms with van der Waals surface area (Å²) in [6.07, 6.45) is -4.92. The van der Waals surface area contributed by atoms with E-state index in [1.165, 1.54) is 12.1 Å². The zero-order valence-electron chi connectivity index (χ0n) is 11.1. The molecule has 21 heavy (non-hydrogen) atoms. The van der Waals surface area contributed by atoms with Crippen molar-refractivity contribution < 1.29 is 17.9 Å². The largest absolute Gasteiger partial charge is 0.486 e. The molecule has 2 rings (SSSR count). The quantitative estimate of drug-likeness (QED) is 0.801. The highest BCUT2D eigenvalue weighted by molar-refractivity contribution is 6.33. The molecule has 0 saturated heterocycles. The van der Waals surface area contributed by atoms with Gasteiger partial charge in [-0.1, -0.05) is 23.7 Å². The van der Waals surface area contributed by atoms with Crippen molar-refractivity contribution in [3.05, 3.63) is 58.6 Å². The van der Waals surface area contributed by atoms with Gasteiger partial charge in [-0.05, 0) is 36.8 Å². The molecule has 0 spiro atoms. The first-order chi connectivity index (χ1) is 9.77. The van der Waals surface area contributed by atoms with E-state index in [1.807, 2.05) is 0 Å². The van der Waals surface area contributed by atoms with Gasteiger partial charge in [0.1, 0.15) is 11.9 Å². The third-order valence-electron chi connectivity index (χ3n) is 2.96. The van der Waals surface area contributed by atoms with Crippen molar-refractivity contribution in [3.63, 3.8) is 0 Å². The molecule has 2 aromatic carbocycles. The fraction of sp³-hybridized carbons (Fsp3) is 0.200. The fourth-order valence-electron chi connectivity index (χ4n) is 1.84. The summed E-state index contributed by atoms with van der Waals surface area (Å²) in [4.78, 5) is 0. The normalized spacial score (nSPS) is 13.0. The van der Waals surface area contributed by atoms with Crippen LogP contribution >= 0.6 is 11.6 Å². The zero-order valence-corrected chi connectivity index (χ0v) is 11.9. The van der Waals surface area contributed by atoms with Crippen molar-refractivity contribution in [2.75, 3.05) is 5.73 Å². The molecule has 0 fully saturated rings. The lowest BCUT2D eigenvalue weighted by atomic mass is 10.1. The monoisotopic (exact) mass is 315 g/mol. The number of benzene rings is 2. The van der Waals surface area contributed by atoms with E-state index in [2.05, 4.69) is 0 Å². The number of anilines is 1. The molecule has 0 aliphatic rings. The van der Waals surface area contributed by atoms with Crippen LogP contribution in [0.5, 0.6) is 5.75 Å². The lowest BCUT2D eigenvalue weighted by molar-refractivity contribution is -0.137. The van der Waals surface area contributed by atoms with Crippen molar-refractivity contribution in [1.29, 1.82) is 0 Å². The van der Waals surface area contributed by atoms with Crippen LogP contribution in [0.2, 0.25) is 5.02 Å². The van der Waals surface area contributed by atoms with E-state index in [-0.39, 0.29) is 0 Å². The average Bonchev–Trinajstić information content (AvgIpc) is 2.42. The van der Waals surface area contributed by atoms with E-state index < -0.39 is 17.8 Å². The van der Waals surface area contributed by atoms with E-state index in [0.29, 0.717) is 22.0 Å². The Morgan fingerprint density at radius 2 is 1.86 bits per heavy atom. The number of nitrogen functional groups attached to an aromatic ring is 1. The summed E-state index contributed by atoms with van der Waals surface area (Å²) >= 11 is 5.80. The second kappa shape index (κ2) is 5.85. The van der Waals surface area contributed by atoms with E-state index >= 15 is 0 Å². The van der Waals surface area contributed by atoms with Gasteiger partial charge in [0.2, 0.25) is 0 Å². The van der Waals surface area contributed by atoms with Crippen molar-refractivity contribution in [1.82, 2.24) is 0 Å². The second-order valence-electron chi connectivity index (χ2n) is 4.57. The van der Waals surface area contributed by atoms with Crippen molar-refractivity contribution in [2.24, 2.45) is 0 Å². The summed E-state index contributed by atoms with van der Waals surface area (Å²) in [6.45, 7) is 1.67. The topological polar surface area (TPSA) is 35.2 Å². The zero-order chi connectivity index (χ0) is 15.6. The van der Waals surface area contributed by atoms with Gasteiger partial charge in [-0.2, -0.15) is 13.2 Å². The number of nitrogens with two attached hydrogens (primary N) is 1. The summed E-state index contributed by atoms with van der Waals surface area (Å²) in [6, 6.07) is 9.76. The number of alkyl halides is 3. The smallest absolute Gasteiger partial charge is 0.416 e. The fourth-order valence-corrected chi connectivity index (χ4v) is 1.95.